The zero-order valence-corrected chi connectivity index (χ0v) is 14.4. The molecule has 0 aromatic heterocycles. The van der Waals surface area contributed by atoms with E-state index < -0.39 is 16.6 Å². The molecule has 0 radical (unpaired) electrons. The van der Waals surface area contributed by atoms with Gasteiger partial charge in [0.15, 0.2) is 0 Å². The summed E-state index contributed by atoms with van der Waals surface area (Å²) in [6, 6.07) is 0. The van der Waals surface area contributed by atoms with Gasteiger partial charge in [-0.2, -0.15) is 0 Å². The molecule has 0 aromatic rings. The first-order chi connectivity index (χ1) is 7.57. The molecular weight excluding hydrogens is 248 g/mol. The van der Waals surface area contributed by atoms with Gasteiger partial charge < -0.3 is 13.6 Å². The summed E-state index contributed by atoms with van der Waals surface area (Å²) in [6.07, 6.45) is 3.77. The van der Waals surface area contributed by atoms with Crippen molar-refractivity contribution < 1.29 is 13.6 Å². The molecule has 0 aliphatic carbocycles. The minimum atomic E-state index is -1.64. The van der Waals surface area contributed by atoms with Crippen LogP contribution in [0.2, 0.25) is 39.3 Å². The highest BCUT2D eigenvalue weighted by atomic mass is 28.4. The van der Waals surface area contributed by atoms with Crippen molar-refractivity contribution in [2.75, 3.05) is 7.11 Å². The molecule has 0 rings (SSSR count). The van der Waals surface area contributed by atoms with Crippen LogP contribution in [-0.4, -0.2) is 23.7 Å². The van der Waals surface area contributed by atoms with Crippen molar-refractivity contribution in [1.29, 1.82) is 0 Å². The fourth-order valence-corrected chi connectivity index (χ4v) is 2.70. The quantitative estimate of drug-likeness (QED) is 0.415. The van der Waals surface area contributed by atoms with Crippen LogP contribution in [0.5, 0.6) is 0 Å². The van der Waals surface area contributed by atoms with Gasteiger partial charge in [0.25, 0.3) is 5.95 Å². The fourth-order valence-electron chi connectivity index (χ4n) is 1.07. The summed E-state index contributed by atoms with van der Waals surface area (Å²) in [5, 5.41) is 0. The van der Waals surface area contributed by atoms with Crippen LogP contribution in [0.25, 0.3) is 0 Å². The van der Waals surface area contributed by atoms with Gasteiger partial charge in [-0.1, -0.05) is 0 Å². The van der Waals surface area contributed by atoms with Gasteiger partial charge in [-0.3, -0.25) is 0 Å². The van der Waals surface area contributed by atoms with Crippen LogP contribution in [0.1, 0.15) is 6.92 Å². The van der Waals surface area contributed by atoms with E-state index in [0.29, 0.717) is 5.95 Å². The fraction of sp³-hybridized carbons (Fsp3) is 0.667. The molecule has 0 spiro atoms. The van der Waals surface area contributed by atoms with Crippen LogP contribution in [0.15, 0.2) is 23.9 Å². The molecule has 0 aromatic carbocycles. The number of rotatable bonds is 6. The predicted octanol–water partition coefficient (Wildman–Crippen LogP) is 4.08. The maximum absolute atomic E-state index is 5.91. The first kappa shape index (κ1) is 16.3. The average Bonchev–Trinajstić information content (AvgIpc) is 2.11. The smallest absolute Gasteiger partial charge is 0.268 e. The maximum Gasteiger partial charge on any atom is 0.268 e. The molecule has 0 aliphatic rings. The van der Waals surface area contributed by atoms with Gasteiger partial charge in [-0.25, -0.2) is 0 Å². The second kappa shape index (κ2) is 6.30. The summed E-state index contributed by atoms with van der Waals surface area (Å²) in [5.41, 5.74) is 0. The van der Waals surface area contributed by atoms with Gasteiger partial charge in [0.2, 0.25) is 16.6 Å². The van der Waals surface area contributed by atoms with Gasteiger partial charge >= 0.3 is 0 Å². The van der Waals surface area contributed by atoms with Crippen LogP contribution in [0.4, 0.5) is 0 Å². The van der Waals surface area contributed by atoms with Crippen molar-refractivity contribution in [3.05, 3.63) is 23.9 Å². The molecule has 0 heterocycles. The van der Waals surface area contributed by atoms with Crippen molar-refractivity contribution in [3.8, 4) is 0 Å². The Balaban J connectivity index is 4.81. The van der Waals surface area contributed by atoms with Crippen LogP contribution < -0.4 is 0 Å². The van der Waals surface area contributed by atoms with Crippen LogP contribution >= 0.6 is 0 Å². The second-order valence-electron chi connectivity index (χ2n) is 5.79. The molecule has 17 heavy (non-hydrogen) atoms. The van der Waals surface area contributed by atoms with Crippen molar-refractivity contribution in [3.63, 3.8) is 0 Å². The second-order valence-corrected chi connectivity index (χ2v) is 14.6. The van der Waals surface area contributed by atoms with E-state index in [9.17, 15) is 0 Å². The Bertz CT molecular complexity index is 296. The SMILES string of the molecule is C/C=C(/C=C(/OC)O[Si](C)(C)C)O[Si](C)(C)C. The molecule has 0 atom stereocenters. The highest BCUT2D eigenvalue weighted by molar-refractivity contribution is 6.70. The highest BCUT2D eigenvalue weighted by Gasteiger charge is 2.20. The lowest BCUT2D eigenvalue weighted by molar-refractivity contribution is 0.145. The Labute approximate surface area is 108 Å². The summed E-state index contributed by atoms with van der Waals surface area (Å²) < 4.78 is 17.0. The Morgan fingerprint density at radius 1 is 0.882 bits per heavy atom. The molecule has 0 saturated heterocycles. The van der Waals surface area contributed by atoms with E-state index >= 15 is 0 Å². The summed E-state index contributed by atoms with van der Waals surface area (Å²) in [6.45, 7) is 14.8. The third-order valence-electron chi connectivity index (χ3n) is 1.58. The summed E-state index contributed by atoms with van der Waals surface area (Å²) in [4.78, 5) is 0. The normalized spacial score (nSPS) is 14.6. The lowest BCUT2D eigenvalue weighted by Crippen LogP contribution is -2.26. The number of allylic oxidation sites excluding steroid dienone is 2. The topological polar surface area (TPSA) is 27.7 Å². The molecule has 0 bridgehead atoms. The Morgan fingerprint density at radius 2 is 1.35 bits per heavy atom. The van der Waals surface area contributed by atoms with Gasteiger partial charge in [-0.15, -0.1) is 0 Å². The first-order valence-corrected chi connectivity index (χ1v) is 12.7. The van der Waals surface area contributed by atoms with E-state index in [2.05, 4.69) is 39.3 Å². The molecule has 0 saturated carbocycles. The van der Waals surface area contributed by atoms with E-state index in [1.165, 1.54) is 0 Å². The lowest BCUT2D eigenvalue weighted by atomic mass is 10.4. The molecule has 0 aliphatic heterocycles. The minimum absolute atomic E-state index is 0.538. The van der Waals surface area contributed by atoms with Crippen LogP contribution in [0, 0.1) is 0 Å². The highest BCUT2D eigenvalue weighted by Crippen LogP contribution is 2.17. The third-order valence-corrected chi connectivity index (χ3v) is 3.24. The molecule has 3 nitrogen and oxygen atoms in total. The van der Waals surface area contributed by atoms with Gasteiger partial charge in [-0.05, 0) is 52.3 Å². The number of methoxy groups -OCH3 is 1. The molecule has 0 unspecified atom stereocenters. The monoisotopic (exact) mass is 274 g/mol. The molecule has 100 valence electrons. The standard InChI is InChI=1S/C12H26O3Si2/c1-9-11(14-16(3,4)5)10-12(13-2)15-17(6,7)8/h9-10H,1-8H3/b11-9-,12-10-. The van der Waals surface area contributed by atoms with Crippen molar-refractivity contribution >= 4 is 16.6 Å². The van der Waals surface area contributed by atoms with Gasteiger partial charge in [0, 0.05) is 0 Å². The maximum atomic E-state index is 5.91. The van der Waals surface area contributed by atoms with E-state index in [-0.39, 0.29) is 0 Å². The van der Waals surface area contributed by atoms with E-state index in [1.807, 2.05) is 19.1 Å². The Morgan fingerprint density at radius 3 is 1.65 bits per heavy atom. The molecule has 0 N–H and O–H groups in total. The average molecular weight is 275 g/mol. The van der Waals surface area contributed by atoms with Crippen LogP contribution in [0.3, 0.4) is 0 Å². The summed E-state index contributed by atoms with van der Waals surface area (Å²) >= 11 is 0. The summed E-state index contributed by atoms with van der Waals surface area (Å²) in [7, 11) is -1.62. The lowest BCUT2D eigenvalue weighted by Gasteiger charge is -2.23. The molecular formula is C12H26O3Si2. The largest absolute Gasteiger partial charge is 0.544 e. The number of ether oxygens (including phenoxy) is 1. The molecule has 0 fully saturated rings. The number of hydrogen-bond donors (Lipinski definition) is 0. The van der Waals surface area contributed by atoms with Crippen molar-refractivity contribution in [2.45, 2.75) is 46.2 Å². The van der Waals surface area contributed by atoms with Crippen molar-refractivity contribution in [1.82, 2.24) is 0 Å². The predicted molar refractivity (Wildman–Crippen MR) is 77.7 cm³/mol. The zero-order valence-electron chi connectivity index (χ0n) is 12.4. The van der Waals surface area contributed by atoms with Gasteiger partial charge in [0.1, 0.15) is 5.76 Å². The molecule has 5 heteroatoms. The summed E-state index contributed by atoms with van der Waals surface area (Å²) in [5.74, 6) is 1.36. The van der Waals surface area contributed by atoms with Crippen molar-refractivity contribution in [2.24, 2.45) is 0 Å². The zero-order chi connectivity index (χ0) is 13.7. The first-order valence-electron chi connectivity index (χ1n) is 5.87. The molecule has 0 amide bonds. The van der Waals surface area contributed by atoms with E-state index in [4.69, 9.17) is 13.6 Å². The van der Waals surface area contributed by atoms with Crippen LogP contribution in [-0.2, 0) is 13.6 Å². The van der Waals surface area contributed by atoms with E-state index in [0.717, 1.165) is 5.76 Å². The minimum Gasteiger partial charge on any atom is -0.544 e. The van der Waals surface area contributed by atoms with E-state index in [1.54, 1.807) is 7.11 Å². The Hall–Kier alpha value is -0.686. The third kappa shape index (κ3) is 9.06. The van der Waals surface area contributed by atoms with Gasteiger partial charge in [0.05, 0.1) is 13.2 Å². The number of hydrogen-bond acceptors (Lipinski definition) is 3. The Kier molecular flexibility index (Phi) is 6.05.